The normalized spacial score (nSPS) is 12.5. The highest BCUT2D eigenvalue weighted by Gasteiger charge is 2.10. The molecule has 0 bridgehead atoms. The Morgan fingerprint density at radius 1 is 1.29 bits per heavy atom. The van der Waals surface area contributed by atoms with Gasteiger partial charge in [0.05, 0.1) is 0 Å². The summed E-state index contributed by atoms with van der Waals surface area (Å²) in [7, 11) is 0. The number of nitrogens with one attached hydrogen (secondary N) is 2. The summed E-state index contributed by atoms with van der Waals surface area (Å²) >= 11 is 0. The topological polar surface area (TPSA) is 67.2 Å². The van der Waals surface area contributed by atoms with Gasteiger partial charge in [-0.1, -0.05) is 13.8 Å². The van der Waals surface area contributed by atoms with Gasteiger partial charge in [0.15, 0.2) is 0 Å². The molecule has 0 heterocycles. The second-order valence-electron chi connectivity index (χ2n) is 3.44. The van der Waals surface area contributed by atoms with E-state index in [1.54, 1.807) is 0 Å². The van der Waals surface area contributed by atoms with Crippen molar-refractivity contribution in [2.24, 2.45) is 5.73 Å². The first-order chi connectivity index (χ1) is 6.74. The second kappa shape index (κ2) is 8.97. The van der Waals surface area contributed by atoms with Crippen LogP contribution >= 0.6 is 0 Å². The van der Waals surface area contributed by atoms with Crippen LogP contribution in [0.25, 0.3) is 0 Å². The minimum absolute atomic E-state index is 0.0888. The summed E-state index contributed by atoms with van der Waals surface area (Å²) in [5.41, 5.74) is 5.55. The van der Waals surface area contributed by atoms with Crippen molar-refractivity contribution in [1.82, 2.24) is 10.6 Å². The summed E-state index contributed by atoms with van der Waals surface area (Å²) in [6.07, 6.45) is 2.52. The van der Waals surface area contributed by atoms with Gasteiger partial charge in [-0.3, -0.25) is 4.79 Å². The van der Waals surface area contributed by atoms with Gasteiger partial charge >= 0.3 is 0 Å². The van der Waals surface area contributed by atoms with Crippen molar-refractivity contribution in [3.63, 3.8) is 0 Å². The van der Waals surface area contributed by atoms with E-state index in [9.17, 15) is 4.79 Å². The van der Waals surface area contributed by atoms with E-state index in [-0.39, 0.29) is 11.9 Å². The predicted octanol–water partition coefficient (Wildman–Crippen LogP) is 0.230. The number of nitrogens with two attached hydrogens (primary N) is 1. The van der Waals surface area contributed by atoms with E-state index < -0.39 is 0 Å². The molecule has 0 aliphatic heterocycles. The molecule has 0 aromatic heterocycles. The highest BCUT2D eigenvalue weighted by molar-refractivity contribution is 5.76. The number of rotatable bonds is 8. The van der Waals surface area contributed by atoms with Crippen LogP contribution in [0.15, 0.2) is 0 Å². The van der Waals surface area contributed by atoms with Crippen molar-refractivity contribution < 1.29 is 4.79 Å². The summed E-state index contributed by atoms with van der Waals surface area (Å²) in [5.74, 6) is 0.0888. The van der Waals surface area contributed by atoms with Crippen LogP contribution in [0.4, 0.5) is 0 Å². The molecular weight excluding hydrogens is 178 g/mol. The average molecular weight is 201 g/mol. The number of amides is 1. The van der Waals surface area contributed by atoms with Gasteiger partial charge in [-0.25, -0.2) is 0 Å². The number of hydrogen-bond acceptors (Lipinski definition) is 3. The Balaban J connectivity index is 3.62. The molecule has 0 saturated carbocycles. The van der Waals surface area contributed by atoms with Crippen LogP contribution in [0.2, 0.25) is 0 Å². The smallest absolute Gasteiger partial charge is 0.221 e. The first-order valence-corrected chi connectivity index (χ1v) is 5.44. The van der Waals surface area contributed by atoms with Gasteiger partial charge in [-0.05, 0) is 19.4 Å². The van der Waals surface area contributed by atoms with Gasteiger partial charge in [0.2, 0.25) is 5.91 Å². The SMILES string of the molecule is CCCNC(=O)CC(CN)NCCC. The number of carbonyl (C=O) groups is 1. The minimum atomic E-state index is 0.0888. The maximum Gasteiger partial charge on any atom is 0.221 e. The largest absolute Gasteiger partial charge is 0.356 e. The molecular formula is C10H23N3O. The van der Waals surface area contributed by atoms with E-state index in [0.717, 1.165) is 25.9 Å². The third kappa shape index (κ3) is 6.86. The molecule has 0 aliphatic carbocycles. The van der Waals surface area contributed by atoms with E-state index >= 15 is 0 Å². The van der Waals surface area contributed by atoms with Crippen LogP contribution in [0.3, 0.4) is 0 Å². The summed E-state index contributed by atoms with van der Waals surface area (Å²) in [5, 5.41) is 6.08. The Labute approximate surface area is 86.6 Å². The van der Waals surface area contributed by atoms with Gasteiger partial charge in [-0.15, -0.1) is 0 Å². The van der Waals surface area contributed by atoms with Gasteiger partial charge in [0.1, 0.15) is 0 Å². The Hall–Kier alpha value is -0.610. The molecule has 0 radical (unpaired) electrons. The Morgan fingerprint density at radius 3 is 2.43 bits per heavy atom. The van der Waals surface area contributed by atoms with Crippen molar-refractivity contribution in [1.29, 1.82) is 0 Å². The van der Waals surface area contributed by atoms with E-state index in [1.807, 2.05) is 6.92 Å². The molecule has 1 amide bonds. The first kappa shape index (κ1) is 13.4. The summed E-state index contributed by atoms with van der Waals surface area (Å²) < 4.78 is 0. The lowest BCUT2D eigenvalue weighted by Crippen LogP contribution is -2.41. The lowest BCUT2D eigenvalue weighted by Gasteiger charge is -2.15. The van der Waals surface area contributed by atoms with Crippen LogP contribution < -0.4 is 16.4 Å². The monoisotopic (exact) mass is 201 g/mol. The lowest BCUT2D eigenvalue weighted by atomic mass is 10.2. The third-order valence-corrected chi connectivity index (χ3v) is 1.97. The molecule has 0 aromatic rings. The standard InChI is InChI=1S/C10H23N3O/c1-3-5-12-9(8-11)7-10(14)13-6-4-2/h9,12H,3-8,11H2,1-2H3,(H,13,14). The lowest BCUT2D eigenvalue weighted by molar-refractivity contribution is -0.121. The first-order valence-electron chi connectivity index (χ1n) is 5.44. The zero-order valence-corrected chi connectivity index (χ0v) is 9.31. The van der Waals surface area contributed by atoms with Gasteiger partial charge in [0.25, 0.3) is 0 Å². The molecule has 0 saturated heterocycles. The average Bonchev–Trinajstić information content (AvgIpc) is 2.21. The predicted molar refractivity (Wildman–Crippen MR) is 59.1 cm³/mol. The number of carbonyl (C=O) groups excluding carboxylic acids is 1. The zero-order chi connectivity index (χ0) is 10.8. The molecule has 4 heteroatoms. The highest BCUT2D eigenvalue weighted by Crippen LogP contribution is 1.90. The molecule has 0 aliphatic rings. The van der Waals surface area contributed by atoms with Crippen LogP contribution in [0.5, 0.6) is 0 Å². The van der Waals surface area contributed by atoms with Gasteiger partial charge < -0.3 is 16.4 Å². The number of hydrogen-bond donors (Lipinski definition) is 3. The maximum absolute atomic E-state index is 11.3. The van der Waals surface area contributed by atoms with Crippen molar-refractivity contribution >= 4 is 5.91 Å². The fourth-order valence-corrected chi connectivity index (χ4v) is 1.15. The summed E-state index contributed by atoms with van der Waals surface area (Å²) in [6.45, 7) is 6.32. The zero-order valence-electron chi connectivity index (χ0n) is 9.31. The van der Waals surface area contributed by atoms with E-state index in [0.29, 0.717) is 13.0 Å². The molecule has 0 rings (SSSR count). The fraction of sp³-hybridized carbons (Fsp3) is 0.900. The molecule has 0 fully saturated rings. The Kier molecular flexibility index (Phi) is 8.57. The molecule has 1 atom stereocenters. The Bertz CT molecular complexity index is 150. The molecule has 84 valence electrons. The summed E-state index contributed by atoms with van der Waals surface area (Å²) in [6, 6.07) is 0.117. The van der Waals surface area contributed by atoms with Crippen LogP contribution in [0, 0.1) is 0 Å². The van der Waals surface area contributed by atoms with Gasteiger partial charge in [-0.2, -0.15) is 0 Å². The highest BCUT2D eigenvalue weighted by atomic mass is 16.1. The van der Waals surface area contributed by atoms with Crippen LogP contribution in [0.1, 0.15) is 33.1 Å². The van der Waals surface area contributed by atoms with Crippen molar-refractivity contribution in [2.75, 3.05) is 19.6 Å². The molecule has 0 spiro atoms. The van der Waals surface area contributed by atoms with E-state index in [4.69, 9.17) is 5.73 Å². The van der Waals surface area contributed by atoms with Crippen LogP contribution in [-0.2, 0) is 4.79 Å². The Morgan fingerprint density at radius 2 is 1.93 bits per heavy atom. The van der Waals surface area contributed by atoms with Crippen molar-refractivity contribution in [2.45, 2.75) is 39.2 Å². The molecule has 4 nitrogen and oxygen atoms in total. The molecule has 14 heavy (non-hydrogen) atoms. The second-order valence-corrected chi connectivity index (χ2v) is 3.44. The van der Waals surface area contributed by atoms with E-state index in [2.05, 4.69) is 17.6 Å². The minimum Gasteiger partial charge on any atom is -0.356 e. The van der Waals surface area contributed by atoms with Crippen LogP contribution in [-0.4, -0.2) is 31.6 Å². The molecule has 1 unspecified atom stereocenters. The third-order valence-electron chi connectivity index (χ3n) is 1.97. The maximum atomic E-state index is 11.3. The van der Waals surface area contributed by atoms with E-state index in [1.165, 1.54) is 0 Å². The molecule has 0 aromatic carbocycles. The fourth-order valence-electron chi connectivity index (χ4n) is 1.15. The van der Waals surface area contributed by atoms with Crippen molar-refractivity contribution in [3.8, 4) is 0 Å². The quantitative estimate of drug-likeness (QED) is 0.526. The van der Waals surface area contributed by atoms with Crippen molar-refractivity contribution in [3.05, 3.63) is 0 Å². The summed E-state index contributed by atoms with van der Waals surface area (Å²) in [4.78, 5) is 11.3. The van der Waals surface area contributed by atoms with Gasteiger partial charge in [0, 0.05) is 25.6 Å². The molecule has 4 N–H and O–H groups in total.